The van der Waals surface area contributed by atoms with Crippen molar-refractivity contribution in [3.05, 3.63) is 28.8 Å². The molecule has 15 heavy (non-hydrogen) atoms. The molecule has 2 rings (SSSR count). The molecular weight excluding hydrogens is 184 g/mol. The number of nitrogens with two attached hydrogens (primary N) is 1. The van der Waals surface area contributed by atoms with Crippen LogP contribution in [0.4, 0.5) is 5.69 Å². The van der Waals surface area contributed by atoms with Gasteiger partial charge in [0.05, 0.1) is 0 Å². The quantitative estimate of drug-likeness (QED) is 0.794. The lowest BCUT2D eigenvalue weighted by Crippen LogP contribution is -2.31. The number of hydrogen-bond acceptors (Lipinski definition) is 2. The normalized spacial score (nSPS) is 17.6. The van der Waals surface area contributed by atoms with Crippen molar-refractivity contribution in [1.29, 1.82) is 0 Å². The third kappa shape index (κ3) is 2.32. The summed E-state index contributed by atoms with van der Waals surface area (Å²) in [6, 6.07) is 4.45. The maximum atomic E-state index is 6.05. The summed E-state index contributed by atoms with van der Waals surface area (Å²) in [7, 11) is 0. The fourth-order valence-corrected chi connectivity index (χ4v) is 1.76. The minimum absolute atomic E-state index is 0.0746. The van der Waals surface area contributed by atoms with Gasteiger partial charge in [-0.3, -0.25) is 0 Å². The molecule has 0 bridgehead atoms. The van der Waals surface area contributed by atoms with Gasteiger partial charge in [-0.25, -0.2) is 0 Å². The fraction of sp³-hybridized carbons (Fsp3) is 0.538. The number of rotatable bonds is 3. The molecule has 2 heteroatoms. The highest BCUT2D eigenvalue weighted by Gasteiger charge is 2.37. The van der Waals surface area contributed by atoms with Crippen LogP contribution in [0.15, 0.2) is 12.1 Å². The number of nitrogens with one attached hydrogen (secondary N) is 1. The summed E-state index contributed by atoms with van der Waals surface area (Å²) in [5.74, 6) is 0. The number of hydrogen-bond donors (Lipinski definition) is 2. The van der Waals surface area contributed by atoms with Crippen LogP contribution in [0.3, 0.4) is 0 Å². The highest BCUT2D eigenvalue weighted by molar-refractivity contribution is 5.55. The van der Waals surface area contributed by atoms with Gasteiger partial charge in [0, 0.05) is 17.8 Å². The highest BCUT2D eigenvalue weighted by atomic mass is 15.0. The van der Waals surface area contributed by atoms with E-state index in [1.807, 2.05) is 0 Å². The predicted octanol–water partition coefficient (Wildman–Crippen LogP) is 2.52. The Bertz CT molecular complexity index is 378. The first-order valence-corrected chi connectivity index (χ1v) is 5.61. The molecule has 3 N–H and O–H groups in total. The zero-order valence-corrected chi connectivity index (χ0v) is 9.85. The molecular formula is C13H20N2. The Morgan fingerprint density at radius 1 is 1.13 bits per heavy atom. The zero-order valence-electron chi connectivity index (χ0n) is 9.85. The average Bonchev–Trinajstić information content (AvgIpc) is 2.89. The maximum Gasteiger partial charge on any atom is 0.0373 e. The lowest BCUT2D eigenvalue weighted by atomic mass is 10.0. The van der Waals surface area contributed by atoms with Gasteiger partial charge >= 0.3 is 0 Å². The molecule has 0 unspecified atom stereocenters. The third-order valence-corrected chi connectivity index (χ3v) is 3.36. The van der Waals surface area contributed by atoms with Crippen LogP contribution < -0.4 is 11.1 Å². The molecule has 0 heterocycles. The predicted molar refractivity (Wildman–Crippen MR) is 65.3 cm³/mol. The SMILES string of the molecule is Cc1cc(C)c(NCC2(N)CC2)cc1C. The number of benzene rings is 1. The second kappa shape index (κ2) is 3.53. The first kappa shape index (κ1) is 10.5. The van der Waals surface area contributed by atoms with Crippen LogP contribution in [0, 0.1) is 20.8 Å². The van der Waals surface area contributed by atoms with Gasteiger partial charge in [0.1, 0.15) is 0 Å². The zero-order chi connectivity index (χ0) is 11.1. The van der Waals surface area contributed by atoms with Crippen LogP contribution >= 0.6 is 0 Å². The highest BCUT2D eigenvalue weighted by Crippen LogP contribution is 2.32. The first-order valence-electron chi connectivity index (χ1n) is 5.61. The van der Waals surface area contributed by atoms with Gasteiger partial charge in [0.25, 0.3) is 0 Å². The van der Waals surface area contributed by atoms with Crippen molar-refractivity contribution in [3.8, 4) is 0 Å². The van der Waals surface area contributed by atoms with Crippen LogP contribution in [0.25, 0.3) is 0 Å². The molecule has 1 aliphatic carbocycles. The molecule has 2 nitrogen and oxygen atoms in total. The van der Waals surface area contributed by atoms with E-state index in [-0.39, 0.29) is 5.54 Å². The fourth-order valence-electron chi connectivity index (χ4n) is 1.76. The lowest BCUT2D eigenvalue weighted by molar-refractivity contribution is 0.713. The van der Waals surface area contributed by atoms with Crippen LogP contribution in [0.1, 0.15) is 29.5 Å². The van der Waals surface area contributed by atoms with Crippen molar-refractivity contribution in [3.63, 3.8) is 0 Å². The maximum absolute atomic E-state index is 6.05. The van der Waals surface area contributed by atoms with E-state index < -0.39 is 0 Å². The Morgan fingerprint density at radius 2 is 1.73 bits per heavy atom. The van der Waals surface area contributed by atoms with Crippen molar-refractivity contribution >= 4 is 5.69 Å². The Morgan fingerprint density at radius 3 is 2.33 bits per heavy atom. The molecule has 0 amide bonds. The Labute approximate surface area is 91.9 Å². The second-order valence-electron chi connectivity index (χ2n) is 4.97. The van der Waals surface area contributed by atoms with Crippen LogP contribution in [0.5, 0.6) is 0 Å². The van der Waals surface area contributed by atoms with Crippen molar-refractivity contribution in [2.24, 2.45) is 5.73 Å². The molecule has 0 atom stereocenters. The molecule has 0 aliphatic heterocycles. The monoisotopic (exact) mass is 204 g/mol. The molecule has 1 aromatic carbocycles. The first-order chi connectivity index (χ1) is 7.00. The summed E-state index contributed by atoms with van der Waals surface area (Å²) in [6.07, 6.45) is 2.31. The standard InChI is InChI=1S/C13H20N2/c1-9-6-11(3)12(7-10(9)2)15-8-13(14)4-5-13/h6-7,15H,4-5,8,14H2,1-3H3. The van der Waals surface area contributed by atoms with Gasteiger partial charge in [-0.2, -0.15) is 0 Å². The summed E-state index contributed by atoms with van der Waals surface area (Å²) in [4.78, 5) is 0. The largest absolute Gasteiger partial charge is 0.383 e. The number of anilines is 1. The van der Waals surface area contributed by atoms with Gasteiger partial charge in [-0.05, 0) is 56.4 Å². The van der Waals surface area contributed by atoms with Crippen molar-refractivity contribution in [1.82, 2.24) is 0 Å². The van der Waals surface area contributed by atoms with Crippen LogP contribution in [-0.4, -0.2) is 12.1 Å². The summed E-state index contributed by atoms with van der Waals surface area (Å²) < 4.78 is 0. The molecule has 0 saturated heterocycles. The molecule has 0 spiro atoms. The molecule has 1 aromatic rings. The van der Waals surface area contributed by atoms with E-state index in [0.717, 1.165) is 19.4 Å². The Hall–Kier alpha value is -1.02. The molecule has 1 saturated carbocycles. The van der Waals surface area contributed by atoms with E-state index in [4.69, 9.17) is 5.73 Å². The van der Waals surface area contributed by atoms with E-state index >= 15 is 0 Å². The third-order valence-electron chi connectivity index (χ3n) is 3.36. The van der Waals surface area contributed by atoms with Crippen molar-refractivity contribution in [2.75, 3.05) is 11.9 Å². The Balaban J connectivity index is 2.10. The van der Waals surface area contributed by atoms with Gasteiger partial charge in [0.2, 0.25) is 0 Å². The topological polar surface area (TPSA) is 38.0 Å². The molecule has 0 aromatic heterocycles. The van der Waals surface area contributed by atoms with E-state index in [2.05, 4.69) is 38.2 Å². The van der Waals surface area contributed by atoms with Gasteiger partial charge in [-0.1, -0.05) is 6.07 Å². The average molecular weight is 204 g/mol. The molecule has 0 radical (unpaired) electrons. The van der Waals surface area contributed by atoms with E-state index in [1.165, 1.54) is 22.4 Å². The van der Waals surface area contributed by atoms with Crippen molar-refractivity contribution in [2.45, 2.75) is 39.2 Å². The smallest absolute Gasteiger partial charge is 0.0373 e. The molecule has 82 valence electrons. The lowest BCUT2D eigenvalue weighted by Gasteiger charge is -2.15. The van der Waals surface area contributed by atoms with Crippen LogP contribution in [0.2, 0.25) is 0 Å². The minimum Gasteiger partial charge on any atom is -0.383 e. The number of aryl methyl sites for hydroxylation is 3. The summed E-state index contributed by atoms with van der Waals surface area (Å²) in [5, 5.41) is 3.46. The Kier molecular flexibility index (Phi) is 2.47. The summed E-state index contributed by atoms with van der Waals surface area (Å²) in [5.41, 5.74) is 11.4. The molecule has 1 fully saturated rings. The van der Waals surface area contributed by atoms with E-state index in [0.29, 0.717) is 0 Å². The van der Waals surface area contributed by atoms with E-state index in [9.17, 15) is 0 Å². The summed E-state index contributed by atoms with van der Waals surface area (Å²) in [6.45, 7) is 7.34. The van der Waals surface area contributed by atoms with Crippen molar-refractivity contribution < 1.29 is 0 Å². The van der Waals surface area contributed by atoms with Gasteiger partial charge < -0.3 is 11.1 Å². The summed E-state index contributed by atoms with van der Waals surface area (Å²) >= 11 is 0. The second-order valence-corrected chi connectivity index (χ2v) is 4.97. The van der Waals surface area contributed by atoms with E-state index in [1.54, 1.807) is 0 Å². The minimum atomic E-state index is 0.0746. The molecule has 1 aliphatic rings. The van der Waals surface area contributed by atoms with Gasteiger partial charge in [0.15, 0.2) is 0 Å². The van der Waals surface area contributed by atoms with Crippen LogP contribution in [-0.2, 0) is 0 Å². The van der Waals surface area contributed by atoms with Gasteiger partial charge in [-0.15, -0.1) is 0 Å².